The fourth-order valence-electron chi connectivity index (χ4n) is 3.60. The summed E-state index contributed by atoms with van der Waals surface area (Å²) < 4.78 is 5.44. The zero-order chi connectivity index (χ0) is 13.9. The number of pyridine rings is 1. The van der Waals surface area contributed by atoms with E-state index in [0.29, 0.717) is 24.4 Å². The topological polar surface area (TPSA) is 42.4 Å². The van der Waals surface area contributed by atoms with Crippen LogP contribution in [0.25, 0.3) is 0 Å². The summed E-state index contributed by atoms with van der Waals surface area (Å²) in [5, 5.41) is 0. The van der Waals surface area contributed by atoms with Crippen LogP contribution in [0.4, 0.5) is 0 Å². The van der Waals surface area contributed by atoms with Crippen molar-refractivity contribution < 1.29 is 9.53 Å². The van der Waals surface area contributed by atoms with Crippen LogP contribution in [0.15, 0.2) is 24.5 Å². The molecule has 1 saturated heterocycles. The lowest BCUT2D eigenvalue weighted by molar-refractivity contribution is -0.130. The van der Waals surface area contributed by atoms with Crippen molar-refractivity contribution in [1.29, 1.82) is 0 Å². The van der Waals surface area contributed by atoms with Crippen molar-refractivity contribution in [1.82, 2.24) is 9.88 Å². The molecule has 3 rings (SSSR count). The smallest absolute Gasteiger partial charge is 0.222 e. The summed E-state index contributed by atoms with van der Waals surface area (Å²) in [4.78, 5) is 18.4. The summed E-state index contributed by atoms with van der Waals surface area (Å²) in [5.41, 5.74) is 1.14. The first-order valence-electron chi connectivity index (χ1n) is 7.45. The summed E-state index contributed by atoms with van der Waals surface area (Å²) in [6.07, 6.45) is 7.64. The standard InChI is InChI=1S/C16H22N2O2/c1-20-15-7-13-10-18(11-14(13)8-15)16(19)5-4-12-3-2-6-17-9-12/h2-3,6,9,13-15H,4-5,7-8,10-11H2,1H3/t13-,14+,15?. The number of rotatable bonds is 4. The van der Waals surface area contributed by atoms with Crippen molar-refractivity contribution in [2.24, 2.45) is 11.8 Å². The molecule has 0 N–H and O–H groups in total. The van der Waals surface area contributed by atoms with E-state index in [1.165, 1.54) is 0 Å². The van der Waals surface area contributed by atoms with Crippen molar-refractivity contribution in [3.05, 3.63) is 30.1 Å². The normalized spacial score (nSPS) is 28.6. The quantitative estimate of drug-likeness (QED) is 0.842. The van der Waals surface area contributed by atoms with Gasteiger partial charge in [0.05, 0.1) is 6.10 Å². The lowest BCUT2D eigenvalue weighted by Crippen LogP contribution is -2.30. The molecule has 0 spiro atoms. The van der Waals surface area contributed by atoms with Gasteiger partial charge >= 0.3 is 0 Å². The van der Waals surface area contributed by atoms with Gasteiger partial charge in [-0.05, 0) is 42.7 Å². The highest BCUT2D eigenvalue weighted by atomic mass is 16.5. The molecule has 4 heteroatoms. The number of amides is 1. The van der Waals surface area contributed by atoms with Crippen LogP contribution in [-0.4, -0.2) is 42.1 Å². The van der Waals surface area contributed by atoms with E-state index in [1.807, 2.05) is 18.3 Å². The van der Waals surface area contributed by atoms with E-state index in [9.17, 15) is 4.79 Å². The third-order valence-corrected chi connectivity index (χ3v) is 4.74. The van der Waals surface area contributed by atoms with E-state index < -0.39 is 0 Å². The number of methoxy groups -OCH3 is 1. The van der Waals surface area contributed by atoms with E-state index >= 15 is 0 Å². The molecule has 1 amide bonds. The number of hydrogen-bond donors (Lipinski definition) is 0. The molecule has 108 valence electrons. The average molecular weight is 274 g/mol. The molecule has 0 radical (unpaired) electrons. The lowest BCUT2D eigenvalue weighted by atomic mass is 10.0. The summed E-state index contributed by atoms with van der Waals surface area (Å²) in [5.74, 6) is 1.60. The van der Waals surface area contributed by atoms with E-state index in [0.717, 1.165) is 37.9 Å². The first-order chi connectivity index (χ1) is 9.76. The minimum Gasteiger partial charge on any atom is -0.381 e. The van der Waals surface area contributed by atoms with Gasteiger partial charge in [-0.3, -0.25) is 9.78 Å². The molecular weight excluding hydrogens is 252 g/mol. The van der Waals surface area contributed by atoms with Crippen molar-refractivity contribution >= 4 is 5.91 Å². The Bertz CT molecular complexity index is 449. The van der Waals surface area contributed by atoms with Gasteiger partial charge in [0.15, 0.2) is 0 Å². The number of hydrogen-bond acceptors (Lipinski definition) is 3. The maximum absolute atomic E-state index is 12.3. The van der Waals surface area contributed by atoms with Crippen LogP contribution in [0.1, 0.15) is 24.8 Å². The Labute approximate surface area is 120 Å². The average Bonchev–Trinajstić information content (AvgIpc) is 3.04. The number of nitrogens with zero attached hydrogens (tertiary/aromatic N) is 2. The van der Waals surface area contributed by atoms with Gasteiger partial charge in [-0.1, -0.05) is 6.07 Å². The number of ether oxygens (including phenoxy) is 1. The van der Waals surface area contributed by atoms with Gasteiger partial charge in [0.2, 0.25) is 5.91 Å². The second-order valence-electron chi connectivity index (χ2n) is 6.01. The molecule has 0 aromatic carbocycles. The molecule has 1 saturated carbocycles. The Hall–Kier alpha value is -1.42. The second kappa shape index (κ2) is 5.92. The molecule has 1 unspecified atom stereocenters. The van der Waals surface area contributed by atoms with Gasteiger partial charge in [0.1, 0.15) is 0 Å². The van der Waals surface area contributed by atoms with Crippen LogP contribution in [0.2, 0.25) is 0 Å². The Kier molecular flexibility index (Phi) is 4.01. The monoisotopic (exact) mass is 274 g/mol. The summed E-state index contributed by atoms with van der Waals surface area (Å²) in [6.45, 7) is 1.85. The minimum atomic E-state index is 0.289. The molecule has 1 aliphatic carbocycles. The third kappa shape index (κ3) is 2.85. The van der Waals surface area contributed by atoms with Crippen molar-refractivity contribution in [3.63, 3.8) is 0 Å². The summed E-state index contributed by atoms with van der Waals surface area (Å²) in [6, 6.07) is 3.95. The number of fused-ring (bicyclic) bond motifs is 1. The lowest BCUT2D eigenvalue weighted by Gasteiger charge is -2.19. The van der Waals surface area contributed by atoms with Crippen LogP contribution >= 0.6 is 0 Å². The summed E-state index contributed by atoms with van der Waals surface area (Å²) >= 11 is 0. The van der Waals surface area contributed by atoms with E-state index in [-0.39, 0.29) is 5.91 Å². The van der Waals surface area contributed by atoms with Crippen LogP contribution in [-0.2, 0) is 16.0 Å². The number of carbonyl (C=O) groups is 1. The molecule has 2 aliphatic rings. The number of aryl methyl sites for hydroxylation is 1. The Morgan fingerprint density at radius 3 is 2.75 bits per heavy atom. The Morgan fingerprint density at radius 2 is 2.15 bits per heavy atom. The largest absolute Gasteiger partial charge is 0.381 e. The fourth-order valence-corrected chi connectivity index (χ4v) is 3.60. The van der Waals surface area contributed by atoms with Gasteiger partial charge in [-0.15, -0.1) is 0 Å². The Balaban J connectivity index is 1.48. The first-order valence-corrected chi connectivity index (χ1v) is 7.45. The molecule has 20 heavy (non-hydrogen) atoms. The Morgan fingerprint density at radius 1 is 1.40 bits per heavy atom. The molecule has 1 aliphatic heterocycles. The van der Waals surface area contributed by atoms with Crippen LogP contribution in [0.3, 0.4) is 0 Å². The van der Waals surface area contributed by atoms with Crippen LogP contribution in [0.5, 0.6) is 0 Å². The second-order valence-corrected chi connectivity index (χ2v) is 6.01. The predicted molar refractivity (Wildman–Crippen MR) is 76.1 cm³/mol. The van der Waals surface area contributed by atoms with Gasteiger partial charge in [0.25, 0.3) is 0 Å². The maximum atomic E-state index is 12.3. The highest BCUT2D eigenvalue weighted by Gasteiger charge is 2.42. The minimum absolute atomic E-state index is 0.289. The van der Waals surface area contributed by atoms with Gasteiger partial charge in [-0.2, -0.15) is 0 Å². The third-order valence-electron chi connectivity index (χ3n) is 4.74. The highest BCUT2D eigenvalue weighted by Crippen LogP contribution is 2.39. The van der Waals surface area contributed by atoms with E-state index in [1.54, 1.807) is 13.3 Å². The molecule has 0 bridgehead atoms. The van der Waals surface area contributed by atoms with E-state index in [4.69, 9.17) is 4.74 Å². The molecule has 2 fully saturated rings. The number of likely N-dealkylation sites (tertiary alicyclic amines) is 1. The van der Waals surface area contributed by atoms with Crippen LogP contribution < -0.4 is 0 Å². The maximum Gasteiger partial charge on any atom is 0.222 e. The highest BCUT2D eigenvalue weighted by molar-refractivity contribution is 5.76. The molecule has 4 nitrogen and oxygen atoms in total. The SMILES string of the molecule is COC1C[C@@H]2CN(C(=O)CCc3cccnc3)C[C@@H]2C1. The van der Waals surface area contributed by atoms with Crippen molar-refractivity contribution in [3.8, 4) is 0 Å². The van der Waals surface area contributed by atoms with Crippen molar-refractivity contribution in [2.75, 3.05) is 20.2 Å². The predicted octanol–water partition coefficient (Wildman–Crippen LogP) is 1.90. The molecule has 1 aromatic heterocycles. The molecule has 1 aromatic rings. The zero-order valence-electron chi connectivity index (χ0n) is 12.0. The van der Waals surface area contributed by atoms with Crippen LogP contribution in [0, 0.1) is 11.8 Å². The van der Waals surface area contributed by atoms with E-state index in [2.05, 4.69) is 9.88 Å². The number of carbonyl (C=O) groups excluding carboxylic acids is 1. The van der Waals surface area contributed by atoms with Gasteiger partial charge in [-0.25, -0.2) is 0 Å². The molecular formula is C16H22N2O2. The van der Waals surface area contributed by atoms with Crippen molar-refractivity contribution in [2.45, 2.75) is 31.8 Å². The van der Waals surface area contributed by atoms with Gasteiger partial charge < -0.3 is 9.64 Å². The molecule has 3 atom stereocenters. The molecule has 2 heterocycles. The summed E-state index contributed by atoms with van der Waals surface area (Å²) in [7, 11) is 1.79. The number of aromatic nitrogens is 1. The zero-order valence-corrected chi connectivity index (χ0v) is 12.0. The van der Waals surface area contributed by atoms with Gasteiger partial charge in [0, 0.05) is 39.0 Å². The fraction of sp³-hybridized carbons (Fsp3) is 0.625. The first kappa shape index (κ1) is 13.6.